The lowest BCUT2D eigenvalue weighted by Gasteiger charge is -2.24. The summed E-state index contributed by atoms with van der Waals surface area (Å²) in [6.45, 7) is 8.67. The molecule has 0 radical (unpaired) electrons. The molecule has 0 aromatic rings. The maximum absolute atomic E-state index is 9.04. The number of piperidine rings is 1. The molecule has 0 amide bonds. The van der Waals surface area contributed by atoms with Gasteiger partial charge in [-0.2, -0.15) is 5.26 Å². The summed E-state index contributed by atoms with van der Waals surface area (Å²) in [5.74, 6) is 0. The zero-order valence-electron chi connectivity index (χ0n) is 11.1. The zero-order valence-corrected chi connectivity index (χ0v) is 11.9. The number of likely N-dealkylation sites (tertiary alicyclic amines) is 1. The summed E-state index contributed by atoms with van der Waals surface area (Å²) < 4.78 is 0.0977. The lowest BCUT2D eigenvalue weighted by molar-refractivity contribution is 0.309. The topological polar surface area (TPSA) is 27.0 Å². The van der Waals surface area contributed by atoms with Crippen LogP contribution in [0, 0.1) is 11.3 Å². The molecule has 17 heavy (non-hydrogen) atoms. The Morgan fingerprint density at radius 2 is 1.88 bits per heavy atom. The lowest BCUT2D eigenvalue weighted by Crippen LogP contribution is -2.23. The highest BCUT2D eigenvalue weighted by atomic mass is 32.2. The van der Waals surface area contributed by atoms with Gasteiger partial charge in [0.25, 0.3) is 0 Å². The van der Waals surface area contributed by atoms with E-state index in [9.17, 15) is 0 Å². The Kier molecular flexibility index (Phi) is 5.64. The van der Waals surface area contributed by atoms with E-state index in [1.165, 1.54) is 19.3 Å². The van der Waals surface area contributed by atoms with E-state index >= 15 is 0 Å². The van der Waals surface area contributed by atoms with E-state index in [1.807, 2.05) is 12.2 Å². The van der Waals surface area contributed by atoms with Crippen LogP contribution in [0.5, 0.6) is 0 Å². The van der Waals surface area contributed by atoms with Crippen LogP contribution < -0.4 is 0 Å². The van der Waals surface area contributed by atoms with Crippen LogP contribution in [0.15, 0.2) is 23.3 Å². The van der Waals surface area contributed by atoms with Gasteiger partial charge < -0.3 is 4.90 Å². The molecule has 0 atom stereocenters. The van der Waals surface area contributed by atoms with Crippen molar-refractivity contribution in [2.45, 2.75) is 44.8 Å². The van der Waals surface area contributed by atoms with Gasteiger partial charge in [0.2, 0.25) is 0 Å². The first-order valence-electron chi connectivity index (χ1n) is 6.23. The summed E-state index contributed by atoms with van der Waals surface area (Å²) in [5.41, 5.74) is 0. The Morgan fingerprint density at radius 3 is 2.41 bits per heavy atom. The van der Waals surface area contributed by atoms with Gasteiger partial charge in [-0.3, -0.25) is 0 Å². The number of hydrogen-bond acceptors (Lipinski definition) is 3. The monoisotopic (exact) mass is 250 g/mol. The molecule has 0 N–H and O–H groups in total. The molecule has 94 valence electrons. The molecule has 1 aliphatic heterocycles. The quantitative estimate of drug-likeness (QED) is 0.561. The third kappa shape index (κ3) is 6.43. The Balaban J connectivity index is 2.49. The largest absolute Gasteiger partial charge is 0.377 e. The van der Waals surface area contributed by atoms with Gasteiger partial charge in [0, 0.05) is 17.8 Å². The second kappa shape index (κ2) is 6.76. The molecule has 1 saturated heterocycles. The second-order valence-electron chi connectivity index (χ2n) is 5.30. The Hall–Kier alpha value is -0.880. The van der Waals surface area contributed by atoms with Crippen molar-refractivity contribution in [1.29, 1.82) is 5.26 Å². The fourth-order valence-corrected chi connectivity index (χ4v) is 2.60. The van der Waals surface area contributed by atoms with Crippen LogP contribution in [0.3, 0.4) is 0 Å². The van der Waals surface area contributed by atoms with Crippen molar-refractivity contribution < 1.29 is 0 Å². The molecule has 0 saturated carbocycles. The molecule has 0 bridgehead atoms. The van der Waals surface area contributed by atoms with Crippen molar-refractivity contribution >= 4 is 11.8 Å². The Morgan fingerprint density at radius 1 is 1.24 bits per heavy atom. The van der Waals surface area contributed by atoms with Gasteiger partial charge in [0.15, 0.2) is 0 Å². The highest BCUT2D eigenvalue weighted by Crippen LogP contribution is 2.30. The summed E-state index contributed by atoms with van der Waals surface area (Å²) in [6.07, 6.45) is 9.96. The number of rotatable bonds is 3. The second-order valence-corrected chi connectivity index (χ2v) is 7.16. The Bertz CT molecular complexity index is 325. The van der Waals surface area contributed by atoms with Crippen LogP contribution in [-0.4, -0.2) is 22.7 Å². The van der Waals surface area contributed by atoms with Crippen LogP contribution in [0.2, 0.25) is 0 Å². The summed E-state index contributed by atoms with van der Waals surface area (Å²) in [7, 11) is 0. The van der Waals surface area contributed by atoms with E-state index in [-0.39, 0.29) is 4.75 Å². The van der Waals surface area contributed by atoms with Crippen molar-refractivity contribution in [2.75, 3.05) is 13.1 Å². The van der Waals surface area contributed by atoms with Gasteiger partial charge in [-0.1, -0.05) is 20.8 Å². The minimum Gasteiger partial charge on any atom is -0.377 e. The molecule has 1 rings (SSSR count). The molecule has 1 heterocycles. The van der Waals surface area contributed by atoms with Crippen molar-refractivity contribution in [3.63, 3.8) is 0 Å². The van der Waals surface area contributed by atoms with Gasteiger partial charge in [-0.25, -0.2) is 0 Å². The van der Waals surface area contributed by atoms with Crippen molar-refractivity contribution in [1.82, 2.24) is 4.90 Å². The zero-order chi connectivity index (χ0) is 12.7. The molecule has 3 heteroatoms. The fraction of sp³-hybridized carbons (Fsp3) is 0.643. The van der Waals surface area contributed by atoms with E-state index in [4.69, 9.17) is 5.26 Å². The average Bonchev–Trinajstić information content (AvgIpc) is 2.27. The van der Waals surface area contributed by atoms with Crippen molar-refractivity contribution in [3.8, 4) is 6.07 Å². The minimum absolute atomic E-state index is 0.0977. The molecule has 2 nitrogen and oxygen atoms in total. The standard InChI is InChI=1S/C14H22N2S/c1-14(2,3)17-13(12-15)8-7-11-16-9-5-4-6-10-16/h7-8,11H,4-6,9-10H2,1-3H3. The average molecular weight is 250 g/mol. The maximum Gasteiger partial charge on any atom is 0.106 e. The summed E-state index contributed by atoms with van der Waals surface area (Å²) in [5, 5.41) is 9.04. The van der Waals surface area contributed by atoms with Gasteiger partial charge in [0.05, 0.1) is 4.91 Å². The van der Waals surface area contributed by atoms with Gasteiger partial charge in [-0.05, 0) is 37.6 Å². The summed E-state index contributed by atoms with van der Waals surface area (Å²) in [6, 6.07) is 2.25. The predicted molar refractivity (Wildman–Crippen MR) is 75.6 cm³/mol. The fourth-order valence-electron chi connectivity index (χ4n) is 1.74. The van der Waals surface area contributed by atoms with Crippen LogP contribution >= 0.6 is 11.8 Å². The third-order valence-corrected chi connectivity index (χ3v) is 3.52. The van der Waals surface area contributed by atoms with E-state index in [0.29, 0.717) is 0 Å². The first-order chi connectivity index (χ1) is 8.01. The Labute approximate surface area is 109 Å². The van der Waals surface area contributed by atoms with E-state index in [2.05, 4.69) is 37.9 Å². The van der Waals surface area contributed by atoms with Crippen LogP contribution in [-0.2, 0) is 0 Å². The third-order valence-electron chi connectivity index (χ3n) is 2.46. The number of nitriles is 1. The molecule has 0 aromatic carbocycles. The number of hydrogen-bond donors (Lipinski definition) is 0. The molecular formula is C14H22N2S. The summed E-state index contributed by atoms with van der Waals surface area (Å²) in [4.78, 5) is 3.11. The van der Waals surface area contributed by atoms with Crippen molar-refractivity contribution in [3.05, 3.63) is 23.3 Å². The molecule has 0 unspecified atom stereocenters. The van der Waals surface area contributed by atoms with E-state index in [1.54, 1.807) is 11.8 Å². The molecule has 0 aliphatic carbocycles. The van der Waals surface area contributed by atoms with Gasteiger partial charge in [-0.15, -0.1) is 11.8 Å². The molecule has 0 spiro atoms. The lowest BCUT2D eigenvalue weighted by atomic mass is 10.1. The number of nitrogens with zero attached hydrogens (tertiary/aromatic N) is 2. The van der Waals surface area contributed by atoms with Crippen LogP contribution in [0.4, 0.5) is 0 Å². The maximum atomic E-state index is 9.04. The van der Waals surface area contributed by atoms with Crippen molar-refractivity contribution in [2.24, 2.45) is 0 Å². The van der Waals surface area contributed by atoms with Gasteiger partial charge in [0.1, 0.15) is 6.07 Å². The SMILES string of the molecule is CC(C)(C)SC(C#N)=CC=CN1CCCCC1. The number of allylic oxidation sites excluding steroid dienone is 3. The molecule has 0 aromatic heterocycles. The minimum atomic E-state index is 0.0977. The van der Waals surface area contributed by atoms with Crippen LogP contribution in [0.1, 0.15) is 40.0 Å². The first-order valence-corrected chi connectivity index (χ1v) is 7.04. The van der Waals surface area contributed by atoms with E-state index in [0.717, 1.165) is 18.0 Å². The first kappa shape index (κ1) is 14.2. The van der Waals surface area contributed by atoms with E-state index < -0.39 is 0 Å². The number of thioether (sulfide) groups is 1. The highest BCUT2D eigenvalue weighted by molar-refractivity contribution is 8.04. The van der Waals surface area contributed by atoms with Gasteiger partial charge >= 0.3 is 0 Å². The normalized spacial score (nSPS) is 18.5. The summed E-state index contributed by atoms with van der Waals surface area (Å²) >= 11 is 1.62. The molecular weight excluding hydrogens is 228 g/mol. The molecule has 1 fully saturated rings. The van der Waals surface area contributed by atoms with Crippen LogP contribution in [0.25, 0.3) is 0 Å². The smallest absolute Gasteiger partial charge is 0.106 e. The molecule has 1 aliphatic rings. The highest BCUT2D eigenvalue weighted by Gasteiger charge is 2.13. The predicted octanol–water partition coefficient (Wildman–Crippen LogP) is 3.93.